The minimum Gasteiger partial charge on any atom is -0.344 e. The first kappa shape index (κ1) is 11.0. The van der Waals surface area contributed by atoms with Crippen LogP contribution in [0.5, 0.6) is 0 Å². The molecule has 1 aliphatic rings. The summed E-state index contributed by atoms with van der Waals surface area (Å²) in [4.78, 5) is 26.4. The molecule has 1 rings (SSSR count). The summed E-state index contributed by atoms with van der Waals surface area (Å²) in [5.74, 6) is -0.00356. The Kier molecular flexibility index (Phi) is 2.80. The summed E-state index contributed by atoms with van der Waals surface area (Å²) in [6, 6.07) is 0.0280. The van der Waals surface area contributed by atoms with E-state index in [1.807, 2.05) is 7.05 Å². The average molecular weight is 200 g/mol. The van der Waals surface area contributed by atoms with Gasteiger partial charge in [-0.3, -0.25) is 9.69 Å². The van der Waals surface area contributed by atoms with E-state index in [0.717, 1.165) is 13.1 Å². The second kappa shape index (κ2) is 3.57. The molecule has 0 spiro atoms. The quantitative estimate of drug-likeness (QED) is 0.568. The Morgan fingerprint density at radius 3 is 2.50 bits per heavy atom. The van der Waals surface area contributed by atoms with Gasteiger partial charge in [0.15, 0.2) is 6.54 Å². The smallest absolute Gasteiger partial charge is 0.344 e. The number of nitrogens with zero attached hydrogens (tertiary/aromatic N) is 3. The fourth-order valence-electron chi connectivity index (χ4n) is 1.56. The van der Waals surface area contributed by atoms with Crippen LogP contribution in [0, 0.1) is 0 Å². The molecule has 5 nitrogen and oxygen atoms in total. The van der Waals surface area contributed by atoms with Crippen LogP contribution in [-0.4, -0.2) is 74.0 Å². The third kappa shape index (κ3) is 1.87. The van der Waals surface area contributed by atoms with Crippen LogP contribution in [0.15, 0.2) is 0 Å². The largest absolute Gasteiger partial charge is 0.419 e. The molecule has 0 bridgehead atoms. The van der Waals surface area contributed by atoms with Crippen molar-refractivity contribution in [2.24, 2.45) is 0 Å². The maximum absolute atomic E-state index is 11.7. The Morgan fingerprint density at radius 2 is 2.14 bits per heavy atom. The minimum absolute atomic E-state index is 0.00356. The van der Waals surface area contributed by atoms with E-state index in [1.165, 1.54) is 4.90 Å². The van der Waals surface area contributed by atoms with Crippen LogP contribution in [0.25, 0.3) is 0 Å². The lowest BCUT2D eigenvalue weighted by molar-refractivity contribution is -0.812. The molecule has 0 saturated carbocycles. The fourth-order valence-corrected chi connectivity index (χ4v) is 1.56. The molecule has 0 aromatic rings. The Bertz CT molecular complexity index is 265. The molecular weight excluding hydrogens is 182 g/mol. The number of quaternary nitrogens is 1. The first-order chi connectivity index (χ1) is 6.37. The van der Waals surface area contributed by atoms with Gasteiger partial charge in [-0.05, 0) is 0 Å². The maximum Gasteiger partial charge on any atom is 0.419 e. The van der Waals surface area contributed by atoms with Crippen LogP contribution in [0.2, 0.25) is 0 Å². The zero-order chi connectivity index (χ0) is 10.9. The van der Waals surface area contributed by atoms with Gasteiger partial charge in [-0.25, -0.2) is 9.28 Å². The molecular formula is C9H18N3O2+. The summed E-state index contributed by atoms with van der Waals surface area (Å²) in [7, 11) is 7.00. The van der Waals surface area contributed by atoms with Crippen molar-refractivity contribution in [3.05, 3.63) is 0 Å². The molecule has 1 fully saturated rings. The fraction of sp³-hybridized carbons (Fsp3) is 0.778. The van der Waals surface area contributed by atoms with Crippen molar-refractivity contribution in [2.75, 3.05) is 47.8 Å². The lowest BCUT2D eigenvalue weighted by atomic mass is 10.4. The first-order valence-corrected chi connectivity index (χ1v) is 4.67. The molecule has 14 heavy (non-hydrogen) atoms. The predicted molar refractivity (Wildman–Crippen MR) is 52.6 cm³/mol. The molecule has 0 N–H and O–H groups in total. The Morgan fingerprint density at radius 1 is 1.57 bits per heavy atom. The van der Waals surface area contributed by atoms with Crippen LogP contribution in [0.4, 0.5) is 4.79 Å². The van der Waals surface area contributed by atoms with Crippen molar-refractivity contribution in [2.45, 2.75) is 0 Å². The highest BCUT2D eigenvalue weighted by Gasteiger charge is 2.43. The van der Waals surface area contributed by atoms with Gasteiger partial charge in [0.1, 0.15) is 6.54 Å². The third-order valence-corrected chi connectivity index (χ3v) is 2.70. The molecule has 0 aromatic heterocycles. The lowest BCUT2D eigenvalue weighted by Gasteiger charge is -2.25. The second-order valence-corrected chi connectivity index (χ2v) is 4.27. The number of hydrogen-bond acceptors (Lipinski definition) is 2. The Hall–Kier alpha value is -1.10. The number of carbonyl (C=O) groups is 2. The van der Waals surface area contributed by atoms with Crippen LogP contribution in [0.3, 0.4) is 0 Å². The van der Waals surface area contributed by atoms with Crippen LogP contribution < -0.4 is 0 Å². The highest BCUT2D eigenvalue weighted by atomic mass is 16.2. The third-order valence-electron chi connectivity index (χ3n) is 2.70. The number of urea groups is 1. The molecule has 0 aliphatic carbocycles. The molecule has 0 radical (unpaired) electrons. The van der Waals surface area contributed by atoms with Gasteiger partial charge in [0.05, 0.1) is 13.6 Å². The molecule has 1 unspecified atom stereocenters. The molecule has 1 heterocycles. The van der Waals surface area contributed by atoms with Crippen LogP contribution >= 0.6 is 0 Å². The van der Waals surface area contributed by atoms with Crippen molar-refractivity contribution in [1.82, 2.24) is 9.80 Å². The number of carbonyl (C=O) groups excluding carboxylic acids is 2. The number of rotatable bonds is 2. The molecule has 1 atom stereocenters. The highest BCUT2D eigenvalue weighted by Crippen LogP contribution is 2.14. The number of likely N-dealkylation sites (N-methyl/N-ethyl adjacent to an activating group) is 3. The topological polar surface area (TPSA) is 40.6 Å². The average Bonchev–Trinajstić information content (AvgIpc) is 2.34. The molecule has 1 saturated heterocycles. The first-order valence-electron chi connectivity index (χ1n) is 4.67. The standard InChI is InChI=1S/C9H18N3O2/c1-10(2)8(13)7-12(4)6-5-11(3)9(12)14/h5-7H2,1-4H3/q+1. The van der Waals surface area contributed by atoms with E-state index < -0.39 is 0 Å². The van der Waals surface area contributed by atoms with E-state index >= 15 is 0 Å². The molecule has 5 heteroatoms. The van der Waals surface area contributed by atoms with Gasteiger partial charge in [-0.2, -0.15) is 0 Å². The van der Waals surface area contributed by atoms with Gasteiger partial charge >= 0.3 is 6.03 Å². The lowest BCUT2D eigenvalue weighted by Crippen LogP contribution is -2.52. The minimum atomic E-state index is -0.00356. The summed E-state index contributed by atoms with van der Waals surface area (Å²) < 4.78 is 0.202. The normalized spacial score (nSPS) is 26.9. The number of hydrogen-bond donors (Lipinski definition) is 0. The van der Waals surface area contributed by atoms with Crippen molar-refractivity contribution in [1.29, 1.82) is 0 Å². The highest BCUT2D eigenvalue weighted by molar-refractivity contribution is 5.79. The van der Waals surface area contributed by atoms with Crippen molar-refractivity contribution < 1.29 is 14.1 Å². The van der Waals surface area contributed by atoms with Gasteiger partial charge < -0.3 is 4.90 Å². The summed E-state index contributed by atoms with van der Waals surface area (Å²) in [5, 5.41) is 0. The zero-order valence-corrected chi connectivity index (χ0v) is 9.28. The predicted octanol–water partition coefficient (Wildman–Crippen LogP) is -0.413. The molecule has 0 aromatic carbocycles. The van der Waals surface area contributed by atoms with Gasteiger partial charge in [-0.15, -0.1) is 0 Å². The van der Waals surface area contributed by atoms with Crippen LogP contribution in [0.1, 0.15) is 0 Å². The summed E-state index contributed by atoms with van der Waals surface area (Å²) >= 11 is 0. The monoisotopic (exact) mass is 200 g/mol. The molecule has 3 amide bonds. The van der Waals surface area contributed by atoms with Gasteiger partial charge in [-0.1, -0.05) is 0 Å². The van der Waals surface area contributed by atoms with E-state index in [2.05, 4.69) is 0 Å². The maximum atomic E-state index is 11.7. The van der Waals surface area contributed by atoms with Gasteiger partial charge in [0.25, 0.3) is 5.91 Å². The Labute approximate surface area is 84.5 Å². The molecule has 80 valence electrons. The second-order valence-electron chi connectivity index (χ2n) is 4.27. The van der Waals surface area contributed by atoms with Gasteiger partial charge in [0, 0.05) is 21.1 Å². The van der Waals surface area contributed by atoms with E-state index in [-0.39, 0.29) is 23.0 Å². The van der Waals surface area contributed by atoms with Gasteiger partial charge in [0.2, 0.25) is 0 Å². The summed E-state index contributed by atoms with van der Waals surface area (Å²) in [6.45, 7) is 1.71. The summed E-state index contributed by atoms with van der Waals surface area (Å²) in [6.07, 6.45) is 0. The van der Waals surface area contributed by atoms with E-state index in [1.54, 1.807) is 26.0 Å². The molecule has 1 aliphatic heterocycles. The zero-order valence-electron chi connectivity index (χ0n) is 9.28. The van der Waals surface area contributed by atoms with E-state index in [0.29, 0.717) is 0 Å². The number of amides is 3. The van der Waals surface area contributed by atoms with Crippen molar-refractivity contribution in [3.8, 4) is 0 Å². The van der Waals surface area contributed by atoms with Crippen LogP contribution in [-0.2, 0) is 4.79 Å². The SMILES string of the molecule is CN(C)C(=O)C[N+]1(C)CCN(C)C1=O. The van der Waals surface area contributed by atoms with Crippen molar-refractivity contribution >= 4 is 11.9 Å². The van der Waals surface area contributed by atoms with E-state index in [4.69, 9.17) is 0 Å². The van der Waals surface area contributed by atoms with E-state index in [9.17, 15) is 9.59 Å². The summed E-state index contributed by atoms with van der Waals surface area (Å²) in [5.41, 5.74) is 0. The Balaban J connectivity index is 2.68. The van der Waals surface area contributed by atoms with Crippen molar-refractivity contribution in [3.63, 3.8) is 0 Å².